The molecule has 2 atom stereocenters. The van der Waals surface area contributed by atoms with Crippen LogP contribution in [0.3, 0.4) is 0 Å². The fraction of sp³-hybridized carbons (Fsp3) is 0.500. The summed E-state index contributed by atoms with van der Waals surface area (Å²) in [5.41, 5.74) is 14.6. The Kier molecular flexibility index (Phi) is 14.8. The maximum absolute atomic E-state index is 4.00. The second-order valence-corrected chi connectivity index (χ2v) is 26.9. The lowest BCUT2D eigenvalue weighted by molar-refractivity contribution is 0.332. The first-order chi connectivity index (χ1) is 32.5. The van der Waals surface area contributed by atoms with Crippen LogP contribution in [-0.4, -0.2) is 18.7 Å². The van der Waals surface area contributed by atoms with E-state index in [2.05, 4.69) is 219 Å². The highest BCUT2D eigenvalue weighted by atomic mass is 32.1. The van der Waals surface area contributed by atoms with Crippen LogP contribution >= 0.6 is 22.7 Å². The Hall–Kier alpha value is -4.06. The Morgan fingerprint density at radius 2 is 1.65 bits per heavy atom. The molecule has 2 nitrogen and oxygen atoms in total. The fourth-order valence-electron chi connectivity index (χ4n) is 11.3. The number of hydrogen-bond donors (Lipinski definition) is 1. The number of nitrogens with one attached hydrogen (secondary N) is 1. The Morgan fingerprint density at radius 1 is 0.913 bits per heavy atom. The number of thiophene rings is 2. The van der Waals surface area contributed by atoms with Crippen LogP contribution in [0, 0.1) is 22.7 Å². The van der Waals surface area contributed by atoms with Crippen LogP contribution in [0.15, 0.2) is 125 Å². The lowest BCUT2D eigenvalue weighted by Gasteiger charge is -2.41. The molecule has 0 saturated carbocycles. The molecule has 0 spiro atoms. The van der Waals surface area contributed by atoms with Gasteiger partial charge in [0, 0.05) is 38.7 Å². The number of hydrogen-bond acceptors (Lipinski definition) is 4. The van der Waals surface area contributed by atoms with Crippen molar-refractivity contribution in [2.75, 3.05) is 6.54 Å². The zero-order valence-corrected chi connectivity index (χ0v) is 46.9. The van der Waals surface area contributed by atoms with Crippen LogP contribution in [0.5, 0.6) is 0 Å². The van der Waals surface area contributed by atoms with E-state index >= 15 is 0 Å². The van der Waals surface area contributed by atoms with Crippen molar-refractivity contribution < 1.29 is 0 Å². The smallest absolute Gasteiger partial charge is 0.207 e. The average molecular weight is 956 g/mol. The van der Waals surface area contributed by atoms with Gasteiger partial charge in [-0.3, -0.25) is 0 Å². The molecule has 4 aliphatic carbocycles. The van der Waals surface area contributed by atoms with Crippen LogP contribution in [0.2, 0.25) is 0 Å². The quantitative estimate of drug-likeness (QED) is 0.112. The minimum atomic E-state index is 0.0682. The lowest BCUT2D eigenvalue weighted by Crippen LogP contribution is -2.33. The number of fused-ring (bicyclic) bond motifs is 5. The zero-order chi connectivity index (χ0) is 49.7. The minimum Gasteiger partial charge on any atom is -0.381 e. The van der Waals surface area contributed by atoms with E-state index in [9.17, 15) is 0 Å². The summed E-state index contributed by atoms with van der Waals surface area (Å²) in [4.78, 5) is 4.06. The fourth-order valence-corrected chi connectivity index (χ4v) is 13.6. The lowest BCUT2D eigenvalue weighted by atomic mass is 9.60. The summed E-state index contributed by atoms with van der Waals surface area (Å²) < 4.78 is 4.12. The van der Waals surface area contributed by atoms with Gasteiger partial charge in [-0.1, -0.05) is 151 Å². The number of nitrogens with zero attached hydrogens (tertiary/aromatic N) is 1. The molecule has 2 unspecified atom stereocenters. The largest absolute Gasteiger partial charge is 0.381 e. The molecule has 1 radical (unpaired) electrons. The Labute approximate surface area is 427 Å². The predicted molar refractivity (Wildman–Crippen MR) is 308 cm³/mol. The van der Waals surface area contributed by atoms with Gasteiger partial charge in [0.15, 0.2) is 0 Å². The van der Waals surface area contributed by atoms with Gasteiger partial charge >= 0.3 is 0 Å². The summed E-state index contributed by atoms with van der Waals surface area (Å²) in [5.74, 6) is 0.949. The molecule has 0 amide bonds. The van der Waals surface area contributed by atoms with Crippen molar-refractivity contribution >= 4 is 60.6 Å². The number of aryl methyl sites for hydroxylation is 1. The van der Waals surface area contributed by atoms with E-state index in [1.165, 1.54) is 99.6 Å². The molecule has 2 aromatic carbocycles. The predicted octanol–water partition coefficient (Wildman–Crippen LogP) is 17.9. The monoisotopic (exact) mass is 956 g/mol. The maximum atomic E-state index is 4.00. The standard InChI is InChI=1S/C64H84BN2S2/c1-16-21-46(30-35-66-54-25-20-24-48-49-39-45(60(5,6)7)26-27-56(49)69-59(48)54)67(47-23-19-22-42(4)28-31-61(8,9)32-29-47)55-37-43(17-2)50(62(10,11)18-3)40-53(55)65-58-38-44-36-51-52(41-57(44)68-58)64(14,15)34-33-63(51,12)13/h16,19,21-23,25-27,29-30,32,36,38-43,66H,17-18,20,24,28,31,33-35,37H2,1-15H3/b21-16-,22-19+,32-29+,46-30+,47-23+. The van der Waals surface area contributed by atoms with Gasteiger partial charge in [0.25, 0.3) is 0 Å². The third-order valence-corrected chi connectivity index (χ3v) is 18.8. The summed E-state index contributed by atoms with van der Waals surface area (Å²) in [6.45, 7) is 36.6. The van der Waals surface area contributed by atoms with Gasteiger partial charge in [0.1, 0.15) is 0 Å². The molecule has 0 fully saturated rings. The third-order valence-electron chi connectivity index (χ3n) is 16.5. The highest BCUT2D eigenvalue weighted by molar-refractivity contribution is 7.27. The molecule has 365 valence electrons. The van der Waals surface area contributed by atoms with Crippen LogP contribution < -0.4 is 10.1 Å². The summed E-state index contributed by atoms with van der Waals surface area (Å²) in [6, 6.07) is 14.8. The molecule has 2 aromatic heterocycles. The van der Waals surface area contributed by atoms with Crippen molar-refractivity contribution in [2.45, 2.75) is 178 Å². The molecule has 4 aromatic rings. The van der Waals surface area contributed by atoms with E-state index in [-0.39, 0.29) is 27.1 Å². The summed E-state index contributed by atoms with van der Waals surface area (Å²) in [7, 11) is 2.55. The first kappa shape index (κ1) is 51.3. The first-order valence-electron chi connectivity index (χ1n) is 26.6. The van der Waals surface area contributed by atoms with E-state index in [0.29, 0.717) is 11.8 Å². The minimum absolute atomic E-state index is 0.0682. The topological polar surface area (TPSA) is 15.3 Å². The molecule has 4 aliphatic rings. The van der Waals surface area contributed by atoms with Crippen LogP contribution in [0.4, 0.5) is 0 Å². The highest BCUT2D eigenvalue weighted by Gasteiger charge is 2.38. The van der Waals surface area contributed by atoms with E-state index in [1.54, 1.807) is 5.57 Å². The van der Waals surface area contributed by atoms with Gasteiger partial charge in [-0.2, -0.15) is 11.3 Å². The Morgan fingerprint density at radius 3 is 2.35 bits per heavy atom. The third kappa shape index (κ3) is 10.9. The van der Waals surface area contributed by atoms with Crippen molar-refractivity contribution in [3.05, 3.63) is 152 Å². The normalized spacial score (nSPS) is 23.5. The van der Waals surface area contributed by atoms with Crippen molar-refractivity contribution in [3.8, 4) is 0 Å². The van der Waals surface area contributed by atoms with Gasteiger partial charge < -0.3 is 10.2 Å². The van der Waals surface area contributed by atoms with Gasteiger partial charge in [0.05, 0.1) is 4.88 Å². The number of benzene rings is 2. The van der Waals surface area contributed by atoms with E-state index in [4.69, 9.17) is 0 Å². The molecule has 0 bridgehead atoms. The maximum Gasteiger partial charge on any atom is 0.207 e. The Balaban J connectivity index is 1.28. The molecule has 1 N–H and O–H groups in total. The van der Waals surface area contributed by atoms with Crippen molar-refractivity contribution in [1.82, 2.24) is 10.2 Å². The second kappa shape index (κ2) is 19.9. The van der Waals surface area contributed by atoms with Crippen molar-refractivity contribution in [3.63, 3.8) is 0 Å². The number of rotatable bonds is 12. The zero-order valence-electron chi connectivity index (χ0n) is 45.3. The van der Waals surface area contributed by atoms with E-state index in [1.807, 2.05) is 22.7 Å². The van der Waals surface area contributed by atoms with Crippen LogP contribution in [0.25, 0.3) is 25.9 Å². The molecular formula is C64H84BN2S2. The Bertz CT molecular complexity index is 2770. The SMILES string of the molecule is C/C=C\C(=C/CNC1=CCCc2c1sc1ccc(C(C)(C)C)cc21)N(C1=C([B]c2cc3cc4c(cc3s2)C(C)(C)CCC4(C)C)C=C(C(C)(C)CC)C(CC)C1)C1=C/C=C/C(C)CCC(C)(C)\C=C\1. The molecule has 69 heavy (non-hydrogen) atoms. The first-order valence-corrected chi connectivity index (χ1v) is 28.3. The van der Waals surface area contributed by atoms with Crippen molar-refractivity contribution in [2.24, 2.45) is 22.7 Å². The van der Waals surface area contributed by atoms with E-state index in [0.717, 1.165) is 45.1 Å². The average Bonchev–Trinajstić information content (AvgIpc) is 3.89. The second-order valence-electron chi connectivity index (χ2n) is 24.7. The molecule has 5 heteroatoms. The van der Waals surface area contributed by atoms with Gasteiger partial charge in [-0.05, 0) is 196 Å². The van der Waals surface area contributed by atoms with Gasteiger partial charge in [-0.15, -0.1) is 11.3 Å². The molecule has 2 heterocycles. The highest BCUT2D eigenvalue weighted by Crippen LogP contribution is 2.49. The number of allylic oxidation sites excluding steroid dienone is 12. The van der Waals surface area contributed by atoms with Crippen molar-refractivity contribution in [1.29, 1.82) is 0 Å². The van der Waals surface area contributed by atoms with Gasteiger partial charge in [0.2, 0.25) is 7.28 Å². The molecule has 8 rings (SSSR count). The summed E-state index contributed by atoms with van der Waals surface area (Å²) in [5, 5.41) is 6.81. The summed E-state index contributed by atoms with van der Waals surface area (Å²) in [6.07, 6.45) is 34.3. The molecule has 0 saturated heterocycles. The van der Waals surface area contributed by atoms with Crippen LogP contribution in [0.1, 0.15) is 182 Å². The van der Waals surface area contributed by atoms with Gasteiger partial charge in [-0.25, -0.2) is 0 Å². The van der Waals surface area contributed by atoms with Crippen LogP contribution in [-0.2, 0) is 22.7 Å². The molecule has 0 aliphatic heterocycles. The summed E-state index contributed by atoms with van der Waals surface area (Å²) >= 11 is 3.92. The van der Waals surface area contributed by atoms with E-state index < -0.39 is 0 Å². The molecular weight excluding hydrogens is 872 g/mol.